The molecule has 3 heteroatoms. The Hall–Kier alpha value is -2.94. The van der Waals surface area contributed by atoms with Crippen molar-refractivity contribution in [1.29, 1.82) is 0 Å². The van der Waals surface area contributed by atoms with Crippen LogP contribution in [0.3, 0.4) is 0 Å². The zero-order valence-electron chi connectivity index (χ0n) is 16.7. The molecule has 28 heavy (non-hydrogen) atoms. The van der Waals surface area contributed by atoms with Crippen LogP contribution in [0, 0.1) is 5.92 Å². The van der Waals surface area contributed by atoms with Crippen LogP contribution in [0.1, 0.15) is 44.0 Å². The monoisotopic (exact) mass is 370 g/mol. The van der Waals surface area contributed by atoms with Gasteiger partial charge in [0.25, 0.3) is 0 Å². The van der Waals surface area contributed by atoms with Gasteiger partial charge in [0.15, 0.2) is 0 Å². The molecule has 0 amide bonds. The molecule has 0 saturated carbocycles. The fourth-order valence-electron chi connectivity index (χ4n) is 4.71. The molecule has 1 N–H and O–H groups in total. The van der Waals surface area contributed by atoms with Gasteiger partial charge in [0, 0.05) is 35.9 Å². The molecule has 0 spiro atoms. The molecular weight excluding hydrogens is 344 g/mol. The topological polar surface area (TPSA) is 45.2 Å². The summed E-state index contributed by atoms with van der Waals surface area (Å²) >= 11 is 0. The first kappa shape index (κ1) is 18.4. The van der Waals surface area contributed by atoms with Gasteiger partial charge in [-0.3, -0.25) is 9.79 Å². The number of rotatable bonds is 3. The second-order valence-corrected chi connectivity index (χ2v) is 7.88. The number of fused-ring (bicyclic) bond motifs is 4. The van der Waals surface area contributed by atoms with Gasteiger partial charge in [-0.25, -0.2) is 0 Å². The van der Waals surface area contributed by atoms with Gasteiger partial charge in [-0.05, 0) is 50.0 Å². The quantitative estimate of drug-likeness (QED) is 0.585. The number of aromatic amines is 1. The van der Waals surface area contributed by atoms with E-state index in [0.717, 1.165) is 29.7 Å². The Labute approximate surface area is 166 Å². The molecular formula is C25H26N2O. The van der Waals surface area contributed by atoms with Gasteiger partial charge in [0.1, 0.15) is 5.54 Å². The largest absolute Gasteiger partial charge is 0.326 e. The highest BCUT2D eigenvalue weighted by Gasteiger charge is 2.46. The fraction of sp³-hybridized carbons (Fsp3) is 0.280. The third-order valence-corrected chi connectivity index (χ3v) is 5.76. The first-order valence-electron chi connectivity index (χ1n) is 9.87. The van der Waals surface area contributed by atoms with E-state index < -0.39 is 5.54 Å². The van der Waals surface area contributed by atoms with Crippen LogP contribution in [-0.4, -0.2) is 11.2 Å². The SMILES string of the molecule is CC=C1C2C=C(C)CC1(N=C/C(C)=C/c1ccccc1)c1ccc(=O)[nH]c1C2. The molecule has 3 nitrogen and oxygen atoms in total. The third-order valence-electron chi connectivity index (χ3n) is 5.76. The summed E-state index contributed by atoms with van der Waals surface area (Å²) in [5.74, 6) is 0.292. The number of H-pyrrole nitrogens is 1. The van der Waals surface area contributed by atoms with Crippen molar-refractivity contribution in [3.8, 4) is 0 Å². The summed E-state index contributed by atoms with van der Waals surface area (Å²) in [7, 11) is 0. The number of nitrogens with zero attached hydrogens (tertiary/aromatic N) is 1. The van der Waals surface area contributed by atoms with Crippen molar-refractivity contribution in [2.45, 2.75) is 39.2 Å². The van der Waals surface area contributed by atoms with E-state index in [-0.39, 0.29) is 5.56 Å². The van der Waals surface area contributed by atoms with Crippen LogP contribution >= 0.6 is 0 Å². The van der Waals surface area contributed by atoms with Gasteiger partial charge >= 0.3 is 0 Å². The number of hydrogen-bond acceptors (Lipinski definition) is 2. The van der Waals surface area contributed by atoms with E-state index in [1.54, 1.807) is 6.07 Å². The predicted octanol–water partition coefficient (Wildman–Crippen LogP) is 5.21. The molecule has 0 fully saturated rings. The Morgan fingerprint density at radius 1 is 1.21 bits per heavy atom. The maximum Gasteiger partial charge on any atom is 0.248 e. The molecule has 4 rings (SSSR count). The van der Waals surface area contributed by atoms with Crippen molar-refractivity contribution in [1.82, 2.24) is 4.98 Å². The highest BCUT2D eigenvalue weighted by molar-refractivity contribution is 5.85. The van der Waals surface area contributed by atoms with Crippen LogP contribution in [0.25, 0.3) is 6.08 Å². The van der Waals surface area contributed by atoms with Crippen molar-refractivity contribution < 1.29 is 0 Å². The van der Waals surface area contributed by atoms with E-state index in [1.807, 2.05) is 30.5 Å². The zero-order chi connectivity index (χ0) is 19.7. The number of hydrogen-bond donors (Lipinski definition) is 1. The Bertz CT molecular complexity index is 1070. The maximum atomic E-state index is 11.9. The lowest BCUT2D eigenvalue weighted by Gasteiger charge is -2.45. The van der Waals surface area contributed by atoms with Crippen LogP contribution in [0.15, 0.2) is 81.1 Å². The molecule has 2 bridgehead atoms. The first-order valence-corrected chi connectivity index (χ1v) is 9.87. The van der Waals surface area contributed by atoms with E-state index in [4.69, 9.17) is 4.99 Å². The van der Waals surface area contributed by atoms with Gasteiger partial charge < -0.3 is 4.98 Å². The van der Waals surface area contributed by atoms with Crippen molar-refractivity contribution >= 4 is 12.3 Å². The van der Waals surface area contributed by atoms with E-state index in [2.05, 4.69) is 56.1 Å². The summed E-state index contributed by atoms with van der Waals surface area (Å²) in [5, 5.41) is 0. The van der Waals surface area contributed by atoms with Gasteiger partial charge in [-0.15, -0.1) is 0 Å². The molecule has 2 atom stereocenters. The Morgan fingerprint density at radius 3 is 2.75 bits per heavy atom. The molecule has 2 aliphatic carbocycles. The molecule has 2 unspecified atom stereocenters. The van der Waals surface area contributed by atoms with Crippen molar-refractivity contribution in [3.63, 3.8) is 0 Å². The number of allylic oxidation sites excluding steroid dienone is 3. The summed E-state index contributed by atoms with van der Waals surface area (Å²) in [6, 6.07) is 13.9. The van der Waals surface area contributed by atoms with Gasteiger partial charge in [0.2, 0.25) is 5.56 Å². The second kappa shape index (κ2) is 7.23. The van der Waals surface area contributed by atoms with E-state index >= 15 is 0 Å². The number of nitrogens with one attached hydrogen (secondary N) is 1. The van der Waals surface area contributed by atoms with Crippen molar-refractivity contribution in [2.75, 3.05) is 0 Å². The summed E-state index contributed by atoms with van der Waals surface area (Å²) in [6.45, 7) is 6.37. The molecule has 2 aliphatic rings. The molecule has 1 aromatic heterocycles. The van der Waals surface area contributed by atoms with Crippen LogP contribution in [0.5, 0.6) is 0 Å². The van der Waals surface area contributed by atoms with E-state index in [1.165, 1.54) is 16.7 Å². The standard InChI is InChI=1S/C25H26N2O/c1-4-21-20-13-17(2)15-25(21,22-10-11-24(28)27-23(22)14-20)26-16-18(3)12-19-8-6-5-7-9-19/h4-13,16,20H,14-15H2,1-3H3,(H,27,28)/b18-12+,21-4?,26-16?. The van der Waals surface area contributed by atoms with Crippen LogP contribution in [0.4, 0.5) is 0 Å². The van der Waals surface area contributed by atoms with Crippen LogP contribution < -0.4 is 5.56 Å². The van der Waals surface area contributed by atoms with Crippen molar-refractivity contribution in [3.05, 3.63) is 98.5 Å². The minimum Gasteiger partial charge on any atom is -0.326 e. The summed E-state index contributed by atoms with van der Waals surface area (Å²) < 4.78 is 0. The number of pyridine rings is 1. The third kappa shape index (κ3) is 3.22. The lowest BCUT2D eigenvalue weighted by molar-refractivity contribution is 0.413. The average Bonchev–Trinajstić information content (AvgIpc) is 2.66. The van der Waals surface area contributed by atoms with Crippen LogP contribution in [-0.2, 0) is 12.0 Å². The smallest absolute Gasteiger partial charge is 0.248 e. The van der Waals surface area contributed by atoms with Gasteiger partial charge in [-0.1, -0.05) is 54.1 Å². The Balaban J connectivity index is 1.83. The summed E-state index contributed by atoms with van der Waals surface area (Å²) in [4.78, 5) is 20.2. The molecule has 0 aliphatic heterocycles. The minimum atomic E-state index is -0.429. The highest BCUT2D eigenvalue weighted by Crippen LogP contribution is 2.51. The number of aliphatic imine (C=N–C) groups is 1. The first-order chi connectivity index (χ1) is 13.5. The maximum absolute atomic E-state index is 11.9. The van der Waals surface area contributed by atoms with Crippen LogP contribution in [0.2, 0.25) is 0 Å². The minimum absolute atomic E-state index is 0.0410. The Morgan fingerprint density at radius 2 is 2.00 bits per heavy atom. The molecule has 2 aromatic rings. The Kier molecular flexibility index (Phi) is 4.76. The molecule has 1 aromatic carbocycles. The second-order valence-electron chi connectivity index (χ2n) is 7.88. The lowest BCUT2D eigenvalue weighted by atomic mass is 9.63. The molecule has 142 valence electrons. The van der Waals surface area contributed by atoms with E-state index in [0.29, 0.717) is 5.92 Å². The summed E-state index contributed by atoms with van der Waals surface area (Å²) in [5.41, 5.74) is 6.65. The normalized spacial score (nSPS) is 25.7. The highest BCUT2D eigenvalue weighted by atomic mass is 16.1. The molecule has 0 radical (unpaired) electrons. The lowest BCUT2D eigenvalue weighted by Crippen LogP contribution is -2.40. The van der Waals surface area contributed by atoms with Crippen molar-refractivity contribution in [2.24, 2.45) is 10.9 Å². The number of aromatic nitrogens is 1. The van der Waals surface area contributed by atoms with Gasteiger partial charge in [0.05, 0.1) is 0 Å². The van der Waals surface area contributed by atoms with E-state index in [9.17, 15) is 4.79 Å². The zero-order valence-corrected chi connectivity index (χ0v) is 16.7. The molecule has 0 saturated heterocycles. The summed E-state index contributed by atoms with van der Waals surface area (Å²) in [6.07, 6.45) is 10.4. The number of benzene rings is 1. The predicted molar refractivity (Wildman–Crippen MR) is 117 cm³/mol. The van der Waals surface area contributed by atoms with Gasteiger partial charge in [-0.2, -0.15) is 0 Å². The fourth-order valence-corrected chi connectivity index (χ4v) is 4.71. The molecule has 1 heterocycles. The average molecular weight is 370 g/mol.